The molecule has 8 heteroatoms. The van der Waals surface area contributed by atoms with Gasteiger partial charge >= 0.3 is 5.97 Å². The van der Waals surface area contributed by atoms with Crippen LogP contribution in [0.15, 0.2) is 27.9 Å². The summed E-state index contributed by atoms with van der Waals surface area (Å²) in [7, 11) is 1.57. The van der Waals surface area contributed by atoms with Crippen molar-refractivity contribution in [2.24, 2.45) is 0 Å². The van der Waals surface area contributed by atoms with Gasteiger partial charge in [-0.2, -0.15) is 0 Å². The monoisotopic (exact) mass is 394 g/mol. The average Bonchev–Trinajstić information content (AvgIpc) is 3.02. The van der Waals surface area contributed by atoms with Gasteiger partial charge in [0.2, 0.25) is 5.91 Å². The van der Waals surface area contributed by atoms with Crippen molar-refractivity contribution in [3.05, 3.63) is 34.8 Å². The fourth-order valence-corrected chi connectivity index (χ4v) is 4.12. The Morgan fingerprint density at radius 3 is 2.85 bits per heavy atom. The summed E-state index contributed by atoms with van der Waals surface area (Å²) in [6.45, 7) is 5.89. The second kappa shape index (κ2) is 9.59. The highest BCUT2D eigenvalue weighted by molar-refractivity contribution is 8.02. The van der Waals surface area contributed by atoms with Gasteiger partial charge < -0.3 is 14.8 Å². The largest absolute Gasteiger partial charge is 0.495 e. The predicted octanol–water partition coefficient (Wildman–Crippen LogP) is 3.69. The van der Waals surface area contributed by atoms with E-state index in [-0.39, 0.29) is 23.5 Å². The fraction of sp³-hybridized carbons (Fsp3) is 0.389. The summed E-state index contributed by atoms with van der Waals surface area (Å²) in [6.07, 6.45) is 0.145. The molecule has 0 spiro atoms. The van der Waals surface area contributed by atoms with Gasteiger partial charge in [0.05, 0.1) is 36.8 Å². The van der Waals surface area contributed by atoms with Gasteiger partial charge in [-0.25, -0.2) is 4.98 Å². The summed E-state index contributed by atoms with van der Waals surface area (Å²) in [6, 6.07) is 5.62. The van der Waals surface area contributed by atoms with Crippen LogP contribution >= 0.6 is 23.1 Å². The highest BCUT2D eigenvalue weighted by atomic mass is 32.2. The first kappa shape index (κ1) is 20.3. The maximum absolute atomic E-state index is 12.5. The van der Waals surface area contributed by atoms with Crippen molar-refractivity contribution in [2.75, 3.05) is 19.0 Å². The molecule has 0 aliphatic carbocycles. The number of thioether (sulfide) groups is 1. The molecule has 1 amide bonds. The van der Waals surface area contributed by atoms with Crippen molar-refractivity contribution in [3.8, 4) is 5.75 Å². The summed E-state index contributed by atoms with van der Waals surface area (Å²) in [5, 5.41) is 4.36. The van der Waals surface area contributed by atoms with Crippen molar-refractivity contribution >= 4 is 40.7 Å². The topological polar surface area (TPSA) is 77.5 Å². The smallest absolute Gasteiger partial charge is 0.311 e. The van der Waals surface area contributed by atoms with Crippen LogP contribution in [0.5, 0.6) is 5.75 Å². The standard InChI is InChI=1S/C18H22N2O4S2/c1-5-24-16(21)9-13-10-25-18(19-13)26-12(3)17(22)20-14-8-11(2)6-7-15(14)23-4/h6-8,10,12H,5,9H2,1-4H3,(H,20,22)/t12-/m1/s1. The number of esters is 1. The minimum atomic E-state index is -0.346. The number of anilines is 1. The van der Waals surface area contributed by atoms with Gasteiger partial charge in [-0.15, -0.1) is 11.3 Å². The van der Waals surface area contributed by atoms with E-state index in [1.807, 2.05) is 37.4 Å². The summed E-state index contributed by atoms with van der Waals surface area (Å²) in [4.78, 5) is 28.4. The molecule has 140 valence electrons. The maximum atomic E-state index is 12.5. The van der Waals surface area contributed by atoms with Gasteiger partial charge in [-0.05, 0) is 38.5 Å². The lowest BCUT2D eigenvalue weighted by Crippen LogP contribution is -2.22. The van der Waals surface area contributed by atoms with Crippen LogP contribution in [0.3, 0.4) is 0 Å². The number of benzene rings is 1. The zero-order valence-electron chi connectivity index (χ0n) is 15.2. The lowest BCUT2D eigenvalue weighted by molar-refractivity contribution is -0.142. The van der Waals surface area contributed by atoms with E-state index < -0.39 is 0 Å². The Morgan fingerprint density at radius 1 is 1.38 bits per heavy atom. The molecule has 2 rings (SSSR count). The highest BCUT2D eigenvalue weighted by Gasteiger charge is 2.18. The Morgan fingerprint density at radius 2 is 2.15 bits per heavy atom. The third-order valence-corrected chi connectivity index (χ3v) is 5.54. The number of nitrogens with one attached hydrogen (secondary N) is 1. The Balaban J connectivity index is 1.96. The van der Waals surface area contributed by atoms with Crippen LogP contribution in [-0.2, 0) is 20.7 Å². The molecule has 1 atom stereocenters. The van der Waals surface area contributed by atoms with Crippen LogP contribution in [0.25, 0.3) is 0 Å². The van der Waals surface area contributed by atoms with E-state index >= 15 is 0 Å². The van der Waals surface area contributed by atoms with E-state index in [0.29, 0.717) is 23.7 Å². The van der Waals surface area contributed by atoms with Crippen molar-refractivity contribution in [2.45, 2.75) is 36.8 Å². The number of hydrogen-bond donors (Lipinski definition) is 1. The molecule has 0 saturated carbocycles. The number of nitrogens with zero attached hydrogens (tertiary/aromatic N) is 1. The summed E-state index contributed by atoms with van der Waals surface area (Å²) < 4.78 is 10.9. The average molecular weight is 395 g/mol. The summed E-state index contributed by atoms with van der Waals surface area (Å²) in [5.74, 6) is 0.180. The first-order chi connectivity index (χ1) is 12.4. The van der Waals surface area contributed by atoms with Gasteiger partial charge in [-0.3, -0.25) is 9.59 Å². The van der Waals surface area contributed by atoms with Crippen molar-refractivity contribution in [3.63, 3.8) is 0 Å². The molecule has 0 saturated heterocycles. The van der Waals surface area contributed by atoms with E-state index in [1.165, 1.54) is 23.1 Å². The Hall–Kier alpha value is -2.06. The number of hydrogen-bond acceptors (Lipinski definition) is 7. The second-order valence-electron chi connectivity index (χ2n) is 5.54. The van der Waals surface area contributed by atoms with Gasteiger partial charge in [-0.1, -0.05) is 17.8 Å². The van der Waals surface area contributed by atoms with E-state index in [1.54, 1.807) is 14.0 Å². The molecule has 0 unspecified atom stereocenters. The van der Waals surface area contributed by atoms with Gasteiger partial charge in [0.25, 0.3) is 0 Å². The number of carbonyl (C=O) groups is 2. The van der Waals surface area contributed by atoms with Gasteiger partial charge in [0, 0.05) is 5.38 Å². The third-order valence-electron chi connectivity index (χ3n) is 3.42. The summed E-state index contributed by atoms with van der Waals surface area (Å²) >= 11 is 2.76. The molecule has 1 aromatic carbocycles. The highest BCUT2D eigenvalue weighted by Crippen LogP contribution is 2.30. The molecule has 0 aliphatic rings. The van der Waals surface area contributed by atoms with Crippen molar-refractivity contribution in [1.82, 2.24) is 4.98 Å². The lowest BCUT2D eigenvalue weighted by atomic mass is 10.2. The first-order valence-electron chi connectivity index (χ1n) is 8.15. The van der Waals surface area contributed by atoms with Crippen molar-refractivity contribution in [1.29, 1.82) is 0 Å². The Bertz CT molecular complexity index is 776. The lowest BCUT2D eigenvalue weighted by Gasteiger charge is -2.14. The first-order valence-corrected chi connectivity index (χ1v) is 9.91. The minimum Gasteiger partial charge on any atom is -0.495 e. The quantitative estimate of drug-likeness (QED) is 0.544. The number of aromatic nitrogens is 1. The van der Waals surface area contributed by atoms with Gasteiger partial charge in [0.1, 0.15) is 5.75 Å². The predicted molar refractivity (Wildman–Crippen MR) is 104 cm³/mol. The van der Waals surface area contributed by atoms with Crippen LogP contribution in [0.4, 0.5) is 5.69 Å². The molecule has 26 heavy (non-hydrogen) atoms. The molecule has 1 heterocycles. The molecule has 0 radical (unpaired) electrons. The zero-order valence-corrected chi connectivity index (χ0v) is 16.8. The SMILES string of the molecule is CCOC(=O)Cc1csc(S[C@H](C)C(=O)Nc2cc(C)ccc2OC)n1. The maximum Gasteiger partial charge on any atom is 0.311 e. The summed E-state index contributed by atoms with van der Waals surface area (Å²) in [5.41, 5.74) is 2.33. The Labute approximate surface area is 161 Å². The number of thiazole rings is 1. The third kappa shape index (κ3) is 5.74. The normalized spacial score (nSPS) is 11.7. The number of amides is 1. The molecular weight excluding hydrogens is 372 g/mol. The zero-order chi connectivity index (χ0) is 19.1. The van der Waals surface area contributed by atoms with E-state index in [0.717, 1.165) is 9.90 Å². The number of aryl methyl sites for hydroxylation is 1. The minimum absolute atomic E-state index is 0.138. The second-order valence-corrected chi connectivity index (χ2v) is 7.99. The number of carbonyl (C=O) groups excluding carboxylic acids is 2. The molecule has 0 aliphatic heterocycles. The number of ether oxygens (including phenoxy) is 2. The molecule has 1 N–H and O–H groups in total. The fourth-order valence-electron chi connectivity index (χ4n) is 2.14. The molecular formula is C18H22N2O4S2. The number of rotatable bonds is 8. The Kier molecular flexibility index (Phi) is 7.47. The van der Waals surface area contributed by atoms with E-state index in [4.69, 9.17) is 9.47 Å². The molecule has 2 aromatic rings. The van der Waals surface area contributed by atoms with E-state index in [2.05, 4.69) is 10.3 Å². The molecule has 0 bridgehead atoms. The van der Waals surface area contributed by atoms with Crippen LogP contribution < -0.4 is 10.1 Å². The van der Waals surface area contributed by atoms with Crippen LogP contribution in [0, 0.1) is 6.92 Å². The van der Waals surface area contributed by atoms with Crippen LogP contribution in [0.2, 0.25) is 0 Å². The van der Waals surface area contributed by atoms with Crippen LogP contribution in [0.1, 0.15) is 25.1 Å². The molecule has 6 nitrogen and oxygen atoms in total. The molecule has 0 fully saturated rings. The number of methoxy groups -OCH3 is 1. The van der Waals surface area contributed by atoms with Gasteiger partial charge in [0.15, 0.2) is 4.34 Å². The van der Waals surface area contributed by atoms with E-state index in [9.17, 15) is 9.59 Å². The van der Waals surface area contributed by atoms with Crippen LogP contribution in [-0.4, -0.2) is 35.8 Å². The van der Waals surface area contributed by atoms with Crippen molar-refractivity contribution < 1.29 is 19.1 Å². The molecule has 1 aromatic heterocycles.